The van der Waals surface area contributed by atoms with Gasteiger partial charge in [-0.25, -0.2) is 4.98 Å². The molecule has 2 aromatic rings. The Morgan fingerprint density at radius 2 is 1.80 bits per heavy atom. The van der Waals surface area contributed by atoms with Crippen LogP contribution >= 0.6 is 15.9 Å². The number of aryl methyl sites for hydroxylation is 2. The Bertz CT molecular complexity index is 564. The van der Waals surface area contributed by atoms with Gasteiger partial charge in [-0.15, -0.1) is 0 Å². The molecule has 1 aromatic heterocycles. The van der Waals surface area contributed by atoms with Crippen LogP contribution in [0.3, 0.4) is 0 Å². The topological polar surface area (TPSA) is 16.1 Å². The molecular weight excluding hydrogens is 312 g/mol. The molecule has 0 aliphatic carbocycles. The maximum Gasteiger partial charge on any atom is 0.128 e. The lowest BCUT2D eigenvalue weighted by Crippen LogP contribution is -2.17. The van der Waals surface area contributed by atoms with Gasteiger partial charge in [-0.05, 0) is 52.0 Å². The first kappa shape index (κ1) is 15.0. The van der Waals surface area contributed by atoms with Gasteiger partial charge in [0.25, 0.3) is 0 Å². The largest absolute Gasteiger partial charge is 0.355 e. The summed E-state index contributed by atoms with van der Waals surface area (Å²) in [7, 11) is 2.08. The van der Waals surface area contributed by atoms with Gasteiger partial charge < -0.3 is 4.90 Å². The van der Waals surface area contributed by atoms with Crippen molar-refractivity contribution in [3.05, 3.63) is 57.7 Å². The number of benzene rings is 1. The van der Waals surface area contributed by atoms with Gasteiger partial charge in [-0.1, -0.05) is 37.6 Å². The Hall–Kier alpha value is -1.35. The van der Waals surface area contributed by atoms with Gasteiger partial charge in [-0.3, -0.25) is 0 Å². The summed E-state index contributed by atoms with van der Waals surface area (Å²) < 4.78 is 1.05. The van der Waals surface area contributed by atoms with Crippen LogP contribution in [0, 0.1) is 6.92 Å². The zero-order valence-corrected chi connectivity index (χ0v) is 13.9. The Morgan fingerprint density at radius 1 is 1.15 bits per heavy atom. The first-order valence-electron chi connectivity index (χ1n) is 7.01. The molecule has 3 heteroatoms. The third-order valence-electron chi connectivity index (χ3n) is 3.40. The molecule has 1 heterocycles. The fourth-order valence-corrected chi connectivity index (χ4v) is 2.40. The normalized spacial score (nSPS) is 10.6. The second-order valence-corrected chi connectivity index (χ2v) is 6.07. The molecule has 0 amide bonds. The fourth-order valence-electron chi connectivity index (χ4n) is 2.19. The van der Waals surface area contributed by atoms with Crippen molar-refractivity contribution < 1.29 is 0 Å². The summed E-state index contributed by atoms with van der Waals surface area (Å²) in [6, 6.07) is 11.0. The predicted molar refractivity (Wildman–Crippen MR) is 89.2 cm³/mol. The van der Waals surface area contributed by atoms with Gasteiger partial charge in [0.15, 0.2) is 0 Å². The van der Waals surface area contributed by atoms with E-state index in [4.69, 9.17) is 0 Å². The zero-order chi connectivity index (χ0) is 14.5. The fraction of sp³-hybridized carbons (Fsp3) is 0.353. The van der Waals surface area contributed by atoms with E-state index in [2.05, 4.69) is 77.0 Å². The Kier molecular flexibility index (Phi) is 5.18. The third kappa shape index (κ3) is 3.83. The molecule has 0 unspecified atom stereocenters. The van der Waals surface area contributed by atoms with E-state index >= 15 is 0 Å². The van der Waals surface area contributed by atoms with E-state index in [1.54, 1.807) is 0 Å². The molecule has 0 fully saturated rings. The van der Waals surface area contributed by atoms with E-state index in [1.807, 2.05) is 6.20 Å². The Labute approximate surface area is 130 Å². The molecule has 0 radical (unpaired) electrons. The number of rotatable bonds is 5. The highest BCUT2D eigenvalue weighted by atomic mass is 79.9. The molecule has 20 heavy (non-hydrogen) atoms. The summed E-state index contributed by atoms with van der Waals surface area (Å²) >= 11 is 3.49. The number of hydrogen-bond donors (Lipinski definition) is 0. The molecule has 0 N–H and O–H groups in total. The maximum atomic E-state index is 4.46. The number of anilines is 1. The lowest BCUT2D eigenvalue weighted by Gasteiger charge is -2.19. The molecule has 0 saturated carbocycles. The molecule has 1 aromatic carbocycles. The highest BCUT2D eigenvalue weighted by Crippen LogP contribution is 2.20. The number of nitrogens with zero attached hydrogens (tertiary/aromatic N) is 2. The quantitative estimate of drug-likeness (QED) is 0.785. The van der Waals surface area contributed by atoms with E-state index in [-0.39, 0.29) is 0 Å². The molecule has 2 nitrogen and oxygen atoms in total. The summed E-state index contributed by atoms with van der Waals surface area (Å²) in [5, 5.41) is 0. The second-order valence-electron chi connectivity index (χ2n) is 5.21. The van der Waals surface area contributed by atoms with E-state index < -0.39 is 0 Å². The van der Waals surface area contributed by atoms with Crippen LogP contribution in [-0.2, 0) is 13.0 Å². The van der Waals surface area contributed by atoms with Gasteiger partial charge in [0.1, 0.15) is 5.82 Å². The van der Waals surface area contributed by atoms with Crippen LogP contribution in [0.15, 0.2) is 41.0 Å². The van der Waals surface area contributed by atoms with Crippen LogP contribution in [-0.4, -0.2) is 12.0 Å². The van der Waals surface area contributed by atoms with Crippen molar-refractivity contribution in [2.24, 2.45) is 0 Å². The van der Waals surface area contributed by atoms with E-state index in [0.717, 1.165) is 23.3 Å². The van der Waals surface area contributed by atoms with Crippen molar-refractivity contribution >= 4 is 21.7 Å². The lowest BCUT2D eigenvalue weighted by molar-refractivity contribution is 0.888. The average molecular weight is 333 g/mol. The number of hydrogen-bond acceptors (Lipinski definition) is 2. The predicted octanol–water partition coefficient (Wildman–Crippen LogP) is 4.74. The maximum absolute atomic E-state index is 4.46. The van der Waals surface area contributed by atoms with Crippen molar-refractivity contribution in [1.29, 1.82) is 0 Å². The minimum atomic E-state index is 0.875. The van der Waals surface area contributed by atoms with Crippen molar-refractivity contribution in [1.82, 2.24) is 4.98 Å². The van der Waals surface area contributed by atoms with E-state index in [1.165, 1.54) is 23.1 Å². The van der Waals surface area contributed by atoms with Gasteiger partial charge in [0.05, 0.1) is 0 Å². The summed E-state index contributed by atoms with van der Waals surface area (Å²) in [4.78, 5) is 6.64. The van der Waals surface area contributed by atoms with Crippen LogP contribution in [0.2, 0.25) is 0 Å². The SMILES string of the molecule is CCCc1ccc(CN(C)c2cc(C)c(Br)cn2)cc1. The number of halogens is 1. The monoisotopic (exact) mass is 332 g/mol. The highest BCUT2D eigenvalue weighted by Gasteiger charge is 2.05. The van der Waals surface area contributed by atoms with Crippen molar-refractivity contribution in [2.75, 3.05) is 11.9 Å². The average Bonchev–Trinajstić information content (AvgIpc) is 2.44. The van der Waals surface area contributed by atoms with Crippen LogP contribution in [0.5, 0.6) is 0 Å². The van der Waals surface area contributed by atoms with Gasteiger partial charge in [0.2, 0.25) is 0 Å². The molecule has 0 saturated heterocycles. The van der Waals surface area contributed by atoms with Crippen molar-refractivity contribution in [2.45, 2.75) is 33.2 Å². The summed E-state index contributed by atoms with van der Waals surface area (Å²) in [5.74, 6) is 1.00. The van der Waals surface area contributed by atoms with Gasteiger partial charge in [0, 0.05) is 24.3 Å². The Morgan fingerprint density at radius 3 is 2.40 bits per heavy atom. The first-order valence-corrected chi connectivity index (χ1v) is 7.80. The lowest BCUT2D eigenvalue weighted by atomic mass is 10.1. The molecular formula is C17H21BrN2. The highest BCUT2D eigenvalue weighted by molar-refractivity contribution is 9.10. The van der Waals surface area contributed by atoms with Crippen LogP contribution in [0.25, 0.3) is 0 Å². The zero-order valence-electron chi connectivity index (χ0n) is 12.4. The molecule has 0 spiro atoms. The van der Waals surface area contributed by atoms with E-state index in [9.17, 15) is 0 Å². The van der Waals surface area contributed by atoms with Crippen LogP contribution < -0.4 is 4.90 Å². The van der Waals surface area contributed by atoms with Gasteiger partial charge >= 0.3 is 0 Å². The van der Waals surface area contributed by atoms with Crippen molar-refractivity contribution in [3.63, 3.8) is 0 Å². The minimum absolute atomic E-state index is 0.875. The van der Waals surface area contributed by atoms with Crippen LogP contribution in [0.4, 0.5) is 5.82 Å². The number of pyridine rings is 1. The molecule has 0 aliphatic heterocycles. The smallest absolute Gasteiger partial charge is 0.128 e. The second kappa shape index (κ2) is 6.89. The minimum Gasteiger partial charge on any atom is -0.355 e. The summed E-state index contributed by atoms with van der Waals surface area (Å²) in [6.45, 7) is 5.17. The van der Waals surface area contributed by atoms with Gasteiger partial charge in [-0.2, -0.15) is 0 Å². The molecule has 0 aliphatic rings. The standard InChI is InChI=1S/C17H21BrN2/c1-4-5-14-6-8-15(9-7-14)12-20(3)17-10-13(2)16(18)11-19-17/h6-11H,4-5,12H2,1-3H3. The van der Waals surface area contributed by atoms with Crippen molar-refractivity contribution in [3.8, 4) is 0 Å². The van der Waals surface area contributed by atoms with E-state index in [0.29, 0.717) is 0 Å². The Balaban J connectivity index is 2.06. The number of aromatic nitrogens is 1. The first-order chi connectivity index (χ1) is 9.60. The molecule has 0 atom stereocenters. The summed E-state index contributed by atoms with van der Waals surface area (Å²) in [6.07, 6.45) is 4.22. The molecule has 106 valence electrons. The molecule has 2 rings (SSSR count). The third-order valence-corrected chi connectivity index (χ3v) is 4.24. The van der Waals surface area contributed by atoms with Crippen LogP contribution in [0.1, 0.15) is 30.0 Å². The molecule has 0 bridgehead atoms. The summed E-state index contributed by atoms with van der Waals surface area (Å²) in [5.41, 5.74) is 3.94.